The number of fused-ring (bicyclic) bond motifs is 1. The first kappa shape index (κ1) is 24.2. The van der Waals surface area contributed by atoms with Crippen LogP contribution in [0.2, 0.25) is 0 Å². The molecular weight excluding hydrogens is 425 g/mol. The highest BCUT2D eigenvalue weighted by atomic mass is 35.5. The van der Waals surface area contributed by atoms with Gasteiger partial charge in [-0.3, -0.25) is 0 Å². The van der Waals surface area contributed by atoms with Crippen molar-refractivity contribution in [3.63, 3.8) is 0 Å². The largest absolute Gasteiger partial charge is 1.00 e. The number of halogens is 2. The van der Waals surface area contributed by atoms with Crippen molar-refractivity contribution < 1.29 is 49.6 Å². The van der Waals surface area contributed by atoms with Gasteiger partial charge in [0, 0.05) is 12.3 Å². The summed E-state index contributed by atoms with van der Waals surface area (Å²) < 4.78 is 0. The Morgan fingerprint density at radius 2 is 1.83 bits per heavy atom. The maximum Gasteiger partial charge on any atom is 0.352 e. The molecule has 162 valence electrons. The molecule has 0 spiro atoms. The predicted octanol–water partition coefficient (Wildman–Crippen LogP) is -5.34. The summed E-state index contributed by atoms with van der Waals surface area (Å²) >= 11 is 0. The van der Waals surface area contributed by atoms with Crippen LogP contribution in [0.1, 0.15) is 41.1 Å². The van der Waals surface area contributed by atoms with E-state index < -0.39 is 0 Å². The second-order valence-corrected chi connectivity index (χ2v) is 7.77. The number of nitrogens with zero attached hydrogens (tertiary/aromatic N) is 1. The van der Waals surface area contributed by atoms with Gasteiger partial charge in [-0.2, -0.15) is 0 Å². The highest BCUT2D eigenvalue weighted by molar-refractivity contribution is 5.98. The first-order valence-corrected chi connectivity index (χ1v) is 10.0. The lowest BCUT2D eigenvalue weighted by Crippen LogP contribution is -3.16. The van der Waals surface area contributed by atoms with Crippen molar-refractivity contribution in [1.82, 2.24) is 0 Å². The molecule has 30 heavy (non-hydrogen) atoms. The Bertz CT molecular complexity index is 907. The molecule has 0 aliphatic carbocycles. The first-order valence-electron chi connectivity index (χ1n) is 10.0. The lowest BCUT2D eigenvalue weighted by molar-refractivity contribution is -0.908. The van der Waals surface area contributed by atoms with Crippen molar-refractivity contribution >= 4 is 17.9 Å². The van der Waals surface area contributed by atoms with E-state index in [9.17, 15) is 15.0 Å². The quantitative estimate of drug-likeness (QED) is 0.343. The molecule has 6 nitrogen and oxygen atoms in total. The third-order valence-electron chi connectivity index (χ3n) is 5.87. The average molecular weight is 452 g/mol. The Labute approximate surface area is 189 Å². The van der Waals surface area contributed by atoms with Gasteiger partial charge in [-0.1, -0.05) is 18.2 Å². The number of amides is 1. The van der Waals surface area contributed by atoms with E-state index in [0.717, 1.165) is 61.6 Å². The summed E-state index contributed by atoms with van der Waals surface area (Å²) in [6, 6.07) is 12.7. The third kappa shape index (κ3) is 5.32. The minimum absolute atomic E-state index is 0. The lowest BCUT2D eigenvalue weighted by Gasteiger charge is -2.30. The normalized spacial score (nSPS) is 22.5. The standard InChI is InChI=1S/C22H25N3O3.2ClH/c26-20-9-8-16(13-21(20)27)17-5-3-10-24(14-17)11-4-12-25-15-23-19-7-2-1-6-18(19)22(25)28;;/h1-2,6-9,13,15,17,26-27H,3-5,10-12,14H2;2*1H. The molecule has 4 N–H and O–H groups in total. The van der Waals surface area contributed by atoms with Crippen molar-refractivity contribution in [2.75, 3.05) is 26.2 Å². The molecule has 2 aromatic rings. The second kappa shape index (κ2) is 10.8. The fourth-order valence-electron chi connectivity index (χ4n) is 4.32. The molecule has 2 heterocycles. The zero-order chi connectivity index (χ0) is 19.5. The summed E-state index contributed by atoms with van der Waals surface area (Å²) in [6.07, 6.45) is 4.94. The van der Waals surface area contributed by atoms with Crippen LogP contribution in [0.25, 0.3) is 0 Å². The zero-order valence-corrected chi connectivity index (χ0v) is 18.2. The summed E-state index contributed by atoms with van der Waals surface area (Å²) in [5.74, 6) is 0.391. The summed E-state index contributed by atoms with van der Waals surface area (Å²) in [5, 5.41) is 19.3. The minimum Gasteiger partial charge on any atom is -1.00 e. The molecule has 8 heteroatoms. The molecule has 3 atom stereocenters. The Morgan fingerprint density at radius 3 is 2.63 bits per heavy atom. The van der Waals surface area contributed by atoms with Gasteiger partial charge in [0.1, 0.15) is 5.56 Å². The van der Waals surface area contributed by atoms with E-state index in [2.05, 4.69) is 4.99 Å². The number of benzene rings is 2. The van der Waals surface area contributed by atoms with Gasteiger partial charge in [0.2, 0.25) is 0 Å². The number of carbonyl (C=O) groups is 1. The molecule has 1 fully saturated rings. The van der Waals surface area contributed by atoms with E-state index in [-0.39, 0.29) is 42.2 Å². The predicted molar refractivity (Wildman–Crippen MR) is 107 cm³/mol. The number of carbonyl (C=O) groups excluding carboxylic acids is 1. The molecule has 0 radical (unpaired) electrons. The lowest BCUT2D eigenvalue weighted by atomic mass is 9.90. The van der Waals surface area contributed by atoms with Crippen molar-refractivity contribution in [2.45, 2.75) is 25.2 Å². The third-order valence-corrected chi connectivity index (χ3v) is 5.87. The minimum atomic E-state index is -0.0684. The SMILES string of the molecule is O=C1c2ccccc2N=C[NH+]1CCC[NH+]1CCCC(c2ccc(O)c(O)c2)C1.[Cl-].[Cl-]. The molecule has 2 aromatic carbocycles. The molecular formula is C22H27Cl2N3O3. The number of phenols is 2. The molecule has 1 saturated heterocycles. The number of aromatic hydroxyl groups is 2. The Balaban J connectivity index is 0.00000160. The van der Waals surface area contributed by atoms with Gasteiger partial charge in [-0.05, 0) is 42.7 Å². The van der Waals surface area contributed by atoms with Gasteiger partial charge in [0.15, 0.2) is 17.8 Å². The van der Waals surface area contributed by atoms with Crippen molar-refractivity contribution in [3.8, 4) is 11.5 Å². The number of para-hydroxylation sites is 1. The van der Waals surface area contributed by atoms with Gasteiger partial charge < -0.3 is 39.9 Å². The number of aliphatic imine (C=N–C) groups is 1. The highest BCUT2D eigenvalue weighted by Gasteiger charge is 2.28. The average Bonchev–Trinajstić information content (AvgIpc) is 2.72. The van der Waals surface area contributed by atoms with Crippen molar-refractivity contribution in [2.24, 2.45) is 4.99 Å². The summed E-state index contributed by atoms with van der Waals surface area (Å²) in [5.41, 5.74) is 2.56. The monoisotopic (exact) mass is 451 g/mol. The summed E-state index contributed by atoms with van der Waals surface area (Å²) in [7, 11) is 0. The van der Waals surface area contributed by atoms with Crippen LogP contribution >= 0.6 is 0 Å². The number of quaternary nitrogens is 2. The van der Waals surface area contributed by atoms with Gasteiger partial charge in [0.25, 0.3) is 0 Å². The first-order chi connectivity index (χ1) is 13.6. The Kier molecular flexibility index (Phi) is 8.67. The molecule has 4 rings (SSSR count). The number of hydrogen-bond acceptors (Lipinski definition) is 4. The van der Waals surface area contributed by atoms with E-state index in [1.165, 1.54) is 4.90 Å². The van der Waals surface area contributed by atoms with Crippen LogP contribution in [0.4, 0.5) is 5.69 Å². The maximum absolute atomic E-state index is 12.6. The van der Waals surface area contributed by atoms with E-state index in [1.807, 2.05) is 30.3 Å². The van der Waals surface area contributed by atoms with E-state index in [0.29, 0.717) is 11.5 Å². The molecule has 1 amide bonds. The van der Waals surface area contributed by atoms with Crippen LogP contribution in [0.15, 0.2) is 47.5 Å². The number of piperidine rings is 1. The zero-order valence-electron chi connectivity index (χ0n) is 16.7. The number of rotatable bonds is 5. The van der Waals surface area contributed by atoms with Gasteiger partial charge in [-0.25, -0.2) is 14.7 Å². The topological polar surface area (TPSA) is 78.8 Å². The van der Waals surface area contributed by atoms with Gasteiger partial charge >= 0.3 is 5.91 Å². The van der Waals surface area contributed by atoms with Crippen molar-refractivity contribution in [1.29, 1.82) is 0 Å². The fourth-order valence-corrected chi connectivity index (χ4v) is 4.32. The molecule has 3 unspecified atom stereocenters. The smallest absolute Gasteiger partial charge is 0.352 e. The van der Waals surface area contributed by atoms with Crippen LogP contribution in [0.5, 0.6) is 11.5 Å². The summed E-state index contributed by atoms with van der Waals surface area (Å²) in [4.78, 5) is 19.4. The molecule has 2 aliphatic heterocycles. The molecule has 2 aliphatic rings. The second-order valence-electron chi connectivity index (χ2n) is 7.77. The van der Waals surface area contributed by atoms with Crippen LogP contribution < -0.4 is 34.6 Å². The molecule has 0 aromatic heterocycles. The van der Waals surface area contributed by atoms with Crippen LogP contribution in [0, 0.1) is 0 Å². The fraction of sp³-hybridized carbons (Fsp3) is 0.364. The molecule has 0 saturated carbocycles. The maximum atomic E-state index is 12.6. The van der Waals surface area contributed by atoms with Gasteiger partial charge in [-0.15, -0.1) is 0 Å². The van der Waals surface area contributed by atoms with Crippen LogP contribution in [0.3, 0.4) is 0 Å². The number of hydrogen-bond donors (Lipinski definition) is 4. The highest BCUT2D eigenvalue weighted by Crippen LogP contribution is 2.30. The van der Waals surface area contributed by atoms with E-state index in [4.69, 9.17) is 0 Å². The molecule has 0 bridgehead atoms. The van der Waals surface area contributed by atoms with Crippen LogP contribution in [-0.2, 0) is 0 Å². The van der Waals surface area contributed by atoms with Crippen molar-refractivity contribution in [3.05, 3.63) is 53.6 Å². The van der Waals surface area contributed by atoms with Crippen LogP contribution in [-0.4, -0.2) is 48.6 Å². The number of phenolic OH excluding ortho intramolecular Hbond substituents is 2. The Morgan fingerprint density at radius 1 is 1.03 bits per heavy atom. The summed E-state index contributed by atoms with van der Waals surface area (Å²) in [6.45, 7) is 3.93. The van der Waals surface area contributed by atoms with E-state index >= 15 is 0 Å². The number of likely N-dealkylation sites (tertiary alicyclic amines) is 1. The Hall–Kier alpha value is -2.12. The van der Waals surface area contributed by atoms with E-state index in [1.54, 1.807) is 18.5 Å². The number of nitrogens with one attached hydrogen (secondary N) is 2. The van der Waals surface area contributed by atoms with Gasteiger partial charge in [0.05, 0.1) is 31.9 Å².